The Balaban J connectivity index is 0.00000162. The van der Waals surface area contributed by atoms with Crippen molar-refractivity contribution in [2.75, 3.05) is 5.32 Å². The van der Waals surface area contributed by atoms with E-state index < -0.39 is 0 Å². The van der Waals surface area contributed by atoms with Crippen LogP contribution in [-0.4, -0.2) is 16.6 Å². The van der Waals surface area contributed by atoms with Gasteiger partial charge in [-0.15, -0.1) is 24.8 Å². The van der Waals surface area contributed by atoms with Crippen LogP contribution in [0.5, 0.6) is 0 Å². The fraction of sp³-hybridized carbons (Fsp3) is 0.250. The lowest BCUT2D eigenvalue weighted by Gasteiger charge is -2.41. The van der Waals surface area contributed by atoms with Gasteiger partial charge in [0, 0.05) is 33.9 Å². The molecule has 5 rings (SSSR count). The van der Waals surface area contributed by atoms with Crippen LogP contribution in [0.25, 0.3) is 22.0 Å². The Morgan fingerprint density at radius 2 is 1.56 bits per heavy atom. The van der Waals surface area contributed by atoms with E-state index in [-0.39, 0.29) is 30.4 Å². The molecule has 0 aliphatic heterocycles. The van der Waals surface area contributed by atoms with Crippen molar-refractivity contribution in [2.24, 2.45) is 5.73 Å². The van der Waals surface area contributed by atoms with E-state index in [9.17, 15) is 0 Å². The Bertz CT molecular complexity index is 1200. The van der Waals surface area contributed by atoms with Crippen LogP contribution in [0.2, 0.25) is 5.02 Å². The third kappa shape index (κ3) is 5.84. The predicted molar refractivity (Wildman–Crippen MR) is 150 cm³/mol. The molecule has 0 saturated heterocycles. The molecule has 0 radical (unpaired) electrons. The van der Waals surface area contributed by atoms with Crippen LogP contribution in [0.1, 0.15) is 31.2 Å². The quantitative estimate of drug-likeness (QED) is 0.287. The van der Waals surface area contributed by atoms with Gasteiger partial charge >= 0.3 is 0 Å². The monoisotopic (exact) mass is 513 g/mol. The van der Waals surface area contributed by atoms with E-state index in [1.54, 1.807) is 0 Å². The number of rotatable bonds is 5. The summed E-state index contributed by atoms with van der Waals surface area (Å²) in [6.45, 7) is 0. The van der Waals surface area contributed by atoms with Gasteiger partial charge in [0.25, 0.3) is 0 Å². The number of aromatic nitrogens is 1. The highest BCUT2D eigenvalue weighted by molar-refractivity contribution is 6.31. The van der Waals surface area contributed by atoms with Crippen molar-refractivity contribution in [3.05, 3.63) is 95.6 Å². The minimum atomic E-state index is -0.0297. The molecule has 1 saturated carbocycles. The summed E-state index contributed by atoms with van der Waals surface area (Å²) in [5, 5.41) is 5.74. The Hall–Kier alpha value is -2.30. The number of hydrogen-bond donors (Lipinski definition) is 2. The molecule has 6 heteroatoms. The summed E-state index contributed by atoms with van der Waals surface area (Å²) in [6, 6.07) is 27.8. The number of benzene rings is 3. The molecule has 1 heterocycles. The van der Waals surface area contributed by atoms with Crippen LogP contribution >= 0.6 is 36.4 Å². The summed E-state index contributed by atoms with van der Waals surface area (Å²) in [6.07, 6.45) is 6.98. The van der Waals surface area contributed by atoms with Gasteiger partial charge in [-0.1, -0.05) is 66.2 Å². The largest absolute Gasteiger partial charge is 0.379 e. The summed E-state index contributed by atoms with van der Waals surface area (Å²) in [5.41, 5.74) is 12.1. The first-order chi connectivity index (χ1) is 15.6. The zero-order valence-electron chi connectivity index (χ0n) is 18.9. The van der Waals surface area contributed by atoms with Crippen molar-refractivity contribution in [2.45, 2.75) is 43.7 Å². The van der Waals surface area contributed by atoms with Gasteiger partial charge in [0.05, 0.1) is 5.52 Å². The van der Waals surface area contributed by atoms with Crippen LogP contribution in [0.3, 0.4) is 0 Å². The maximum atomic E-state index is 6.28. The van der Waals surface area contributed by atoms with Crippen LogP contribution in [0.4, 0.5) is 5.69 Å². The van der Waals surface area contributed by atoms with Crippen molar-refractivity contribution >= 4 is 53.0 Å². The number of nitrogens with zero attached hydrogens (tertiary/aromatic N) is 1. The van der Waals surface area contributed by atoms with Crippen LogP contribution in [0, 0.1) is 0 Å². The van der Waals surface area contributed by atoms with Crippen molar-refractivity contribution in [3.8, 4) is 11.1 Å². The molecule has 3 aromatic carbocycles. The summed E-state index contributed by atoms with van der Waals surface area (Å²) in [5.74, 6) is 0. The van der Waals surface area contributed by atoms with Gasteiger partial charge in [-0.2, -0.15) is 0 Å². The summed E-state index contributed by atoms with van der Waals surface area (Å²) in [7, 11) is 0. The number of anilines is 1. The fourth-order valence-electron chi connectivity index (χ4n) is 4.89. The summed E-state index contributed by atoms with van der Waals surface area (Å²) in [4.78, 5) is 4.51. The Kier molecular flexibility index (Phi) is 8.83. The van der Waals surface area contributed by atoms with E-state index in [1.165, 1.54) is 16.7 Å². The van der Waals surface area contributed by atoms with Gasteiger partial charge in [-0.25, -0.2) is 0 Å². The molecule has 3 nitrogen and oxygen atoms in total. The lowest BCUT2D eigenvalue weighted by molar-refractivity contribution is 0.295. The topological polar surface area (TPSA) is 50.9 Å². The van der Waals surface area contributed by atoms with Gasteiger partial charge in [0.2, 0.25) is 0 Å². The smallest absolute Gasteiger partial charge is 0.0737 e. The Morgan fingerprint density at radius 3 is 2.26 bits per heavy atom. The number of halogens is 3. The third-order valence-electron chi connectivity index (χ3n) is 6.70. The minimum Gasteiger partial charge on any atom is -0.379 e. The second-order valence-electron chi connectivity index (χ2n) is 9.00. The molecule has 178 valence electrons. The Labute approximate surface area is 218 Å². The molecule has 34 heavy (non-hydrogen) atoms. The van der Waals surface area contributed by atoms with Crippen molar-refractivity contribution in [3.63, 3.8) is 0 Å². The van der Waals surface area contributed by atoms with Crippen LogP contribution in [-0.2, 0) is 6.42 Å². The van der Waals surface area contributed by atoms with Crippen molar-refractivity contribution < 1.29 is 0 Å². The molecule has 0 bridgehead atoms. The molecule has 4 aromatic rings. The number of nitrogens with one attached hydrogen (secondary N) is 1. The van der Waals surface area contributed by atoms with Gasteiger partial charge in [0.15, 0.2) is 0 Å². The van der Waals surface area contributed by atoms with Gasteiger partial charge in [0.1, 0.15) is 0 Å². The number of nitrogens with two attached hydrogens (primary N) is 1. The Morgan fingerprint density at radius 1 is 0.882 bits per heavy atom. The molecule has 1 fully saturated rings. The number of fused-ring (bicyclic) bond motifs is 1. The van der Waals surface area contributed by atoms with Gasteiger partial charge in [-0.05, 0) is 73.1 Å². The predicted octanol–water partition coefficient (Wildman–Crippen LogP) is 7.69. The highest BCUT2D eigenvalue weighted by atomic mass is 35.5. The number of pyridine rings is 1. The molecule has 0 unspecified atom stereocenters. The second-order valence-corrected chi connectivity index (χ2v) is 9.44. The summed E-state index contributed by atoms with van der Waals surface area (Å²) >= 11 is 6.20. The maximum Gasteiger partial charge on any atom is 0.0737 e. The maximum absolute atomic E-state index is 6.28. The zero-order valence-corrected chi connectivity index (χ0v) is 21.3. The lowest BCUT2D eigenvalue weighted by atomic mass is 9.75. The molecule has 1 aliphatic rings. The van der Waals surface area contributed by atoms with E-state index in [4.69, 9.17) is 17.3 Å². The average Bonchev–Trinajstić information content (AvgIpc) is 2.82. The molecular weight excluding hydrogens is 485 g/mol. The highest BCUT2D eigenvalue weighted by Gasteiger charge is 2.35. The SMILES string of the molecule is Cl.Cl.NC1CCC(Cc2ccc(-c3ccccc3)cc2)(Nc2ccnc3cc(Cl)ccc23)CC1. The first-order valence-electron chi connectivity index (χ1n) is 11.3. The van der Waals surface area contributed by atoms with E-state index >= 15 is 0 Å². The van der Waals surface area contributed by atoms with Crippen molar-refractivity contribution in [1.82, 2.24) is 4.98 Å². The van der Waals surface area contributed by atoms with Crippen molar-refractivity contribution in [1.29, 1.82) is 0 Å². The average molecular weight is 515 g/mol. The zero-order chi connectivity index (χ0) is 22.0. The molecule has 1 aromatic heterocycles. The van der Waals surface area contributed by atoms with E-state index in [0.717, 1.165) is 48.7 Å². The third-order valence-corrected chi connectivity index (χ3v) is 6.93. The lowest BCUT2D eigenvalue weighted by Crippen LogP contribution is -2.46. The van der Waals surface area contributed by atoms with Crippen LogP contribution < -0.4 is 11.1 Å². The number of hydrogen-bond acceptors (Lipinski definition) is 3. The second kappa shape index (κ2) is 11.4. The van der Waals surface area contributed by atoms with Crippen LogP contribution in [0.15, 0.2) is 85.1 Å². The van der Waals surface area contributed by atoms with Gasteiger partial charge < -0.3 is 11.1 Å². The first-order valence-corrected chi connectivity index (χ1v) is 11.7. The molecule has 3 N–H and O–H groups in total. The first kappa shape index (κ1) is 26.3. The molecule has 0 atom stereocenters. The molecular formula is C28H30Cl3N3. The van der Waals surface area contributed by atoms with E-state index in [2.05, 4.69) is 77.0 Å². The minimum absolute atomic E-state index is 0. The van der Waals surface area contributed by atoms with E-state index in [1.807, 2.05) is 18.3 Å². The highest BCUT2D eigenvalue weighted by Crippen LogP contribution is 2.37. The fourth-order valence-corrected chi connectivity index (χ4v) is 5.06. The standard InChI is InChI=1S/C28H28ClN3.2ClH/c29-23-10-11-25-26(14-17-31-27(25)18-23)32-28(15-12-24(30)13-16-28)19-20-6-8-22(9-7-20)21-4-2-1-3-5-21;;/h1-11,14,17-18,24H,12-13,15-16,19,30H2,(H,31,32);2*1H. The molecule has 0 amide bonds. The molecule has 0 spiro atoms. The summed E-state index contributed by atoms with van der Waals surface area (Å²) < 4.78 is 0. The molecule has 1 aliphatic carbocycles. The normalized spacial score (nSPS) is 19.6. The van der Waals surface area contributed by atoms with E-state index in [0.29, 0.717) is 11.1 Å². The van der Waals surface area contributed by atoms with Gasteiger partial charge in [-0.3, -0.25) is 4.98 Å².